The average molecular weight is 393 g/mol. The second-order valence-corrected chi connectivity index (χ2v) is 6.95. The molecule has 1 atom stereocenters. The van der Waals surface area contributed by atoms with Gasteiger partial charge >= 0.3 is 0 Å². The number of anilines is 2. The second-order valence-electron chi connectivity index (χ2n) is 6.95. The molecule has 0 aliphatic carbocycles. The van der Waals surface area contributed by atoms with E-state index in [1.807, 2.05) is 48.5 Å². The lowest BCUT2D eigenvalue weighted by atomic mass is 9.90. The number of rotatable bonds is 6. The van der Waals surface area contributed by atoms with Gasteiger partial charge in [-0.3, -0.25) is 14.6 Å². The van der Waals surface area contributed by atoms with Crippen LogP contribution in [0.5, 0.6) is 0 Å². The molecular formula is C22H27N5O2. The van der Waals surface area contributed by atoms with Crippen molar-refractivity contribution in [3.05, 3.63) is 59.7 Å². The molecule has 7 heteroatoms. The van der Waals surface area contributed by atoms with E-state index in [0.29, 0.717) is 18.9 Å². The summed E-state index contributed by atoms with van der Waals surface area (Å²) in [7, 11) is 1.65. The monoisotopic (exact) mass is 393 g/mol. The van der Waals surface area contributed by atoms with Crippen molar-refractivity contribution in [2.75, 3.05) is 30.8 Å². The smallest absolute Gasteiger partial charge is 0.243 e. The lowest BCUT2D eigenvalue weighted by Gasteiger charge is -2.26. The van der Waals surface area contributed by atoms with Crippen LogP contribution >= 0.6 is 0 Å². The Hall–Kier alpha value is -3.35. The van der Waals surface area contributed by atoms with Crippen LogP contribution in [0.3, 0.4) is 0 Å². The van der Waals surface area contributed by atoms with Crippen molar-refractivity contribution in [3.63, 3.8) is 0 Å². The fourth-order valence-electron chi connectivity index (χ4n) is 3.36. The highest BCUT2D eigenvalue weighted by molar-refractivity contribution is 5.96. The third-order valence-corrected chi connectivity index (χ3v) is 4.88. The lowest BCUT2D eigenvalue weighted by Crippen LogP contribution is -2.43. The molecule has 0 bridgehead atoms. The summed E-state index contributed by atoms with van der Waals surface area (Å²) < 4.78 is 0. The van der Waals surface area contributed by atoms with E-state index in [1.54, 1.807) is 7.05 Å². The van der Waals surface area contributed by atoms with Crippen LogP contribution < -0.4 is 21.3 Å². The van der Waals surface area contributed by atoms with Gasteiger partial charge in [0.2, 0.25) is 11.8 Å². The van der Waals surface area contributed by atoms with E-state index in [4.69, 9.17) is 0 Å². The lowest BCUT2D eigenvalue weighted by molar-refractivity contribution is -0.117. The molecule has 0 spiro atoms. The first-order valence-electron chi connectivity index (χ1n) is 9.81. The summed E-state index contributed by atoms with van der Waals surface area (Å²) in [5, 5.41) is 12.0. The molecule has 0 aromatic heterocycles. The molecule has 3 rings (SSSR count). The van der Waals surface area contributed by atoms with E-state index in [-0.39, 0.29) is 24.3 Å². The van der Waals surface area contributed by atoms with Crippen LogP contribution in [-0.2, 0) is 16.0 Å². The van der Waals surface area contributed by atoms with Gasteiger partial charge in [0.1, 0.15) is 0 Å². The fraction of sp³-hybridized carbons (Fsp3) is 0.318. The average Bonchev–Trinajstić information content (AvgIpc) is 2.73. The molecule has 1 aliphatic rings. The summed E-state index contributed by atoms with van der Waals surface area (Å²) in [6, 6.07) is 15.6. The van der Waals surface area contributed by atoms with Crippen LogP contribution in [0.25, 0.3) is 0 Å². The topological polar surface area (TPSA) is 94.6 Å². The molecule has 2 aromatic rings. The number of nitrogens with one attached hydrogen (secondary N) is 4. The molecule has 2 aromatic carbocycles. The Morgan fingerprint density at radius 1 is 1.17 bits per heavy atom. The molecule has 4 N–H and O–H groups in total. The highest BCUT2D eigenvalue weighted by atomic mass is 16.2. The van der Waals surface area contributed by atoms with Gasteiger partial charge in [-0.05, 0) is 35.7 Å². The quantitative estimate of drug-likeness (QED) is 0.448. The molecule has 1 unspecified atom stereocenters. The molecule has 7 nitrogen and oxygen atoms in total. The van der Waals surface area contributed by atoms with E-state index < -0.39 is 0 Å². The number of nitrogens with zero attached hydrogens (tertiary/aromatic N) is 1. The normalized spacial score (nSPS) is 15.9. The second kappa shape index (κ2) is 9.73. The Kier molecular flexibility index (Phi) is 6.84. The maximum Gasteiger partial charge on any atom is 0.243 e. The summed E-state index contributed by atoms with van der Waals surface area (Å²) in [6.07, 6.45) is 1.33. The number of aryl methyl sites for hydroxylation is 1. The highest BCUT2D eigenvalue weighted by Crippen LogP contribution is 2.31. The molecule has 152 valence electrons. The zero-order valence-corrected chi connectivity index (χ0v) is 16.8. The Labute approximate surface area is 171 Å². The molecular weight excluding hydrogens is 366 g/mol. The molecule has 2 amide bonds. The first-order chi connectivity index (χ1) is 14.1. The van der Waals surface area contributed by atoms with Gasteiger partial charge in [0.15, 0.2) is 5.96 Å². The Morgan fingerprint density at radius 3 is 2.79 bits per heavy atom. The van der Waals surface area contributed by atoms with E-state index in [9.17, 15) is 9.59 Å². The zero-order chi connectivity index (χ0) is 20.6. The summed E-state index contributed by atoms with van der Waals surface area (Å²) in [5.74, 6) is 0.422. The minimum Gasteiger partial charge on any atom is -0.356 e. The van der Waals surface area contributed by atoms with Crippen molar-refractivity contribution in [1.29, 1.82) is 0 Å². The van der Waals surface area contributed by atoms with Crippen LogP contribution in [0.1, 0.15) is 30.4 Å². The molecule has 1 aliphatic heterocycles. The molecule has 1 heterocycles. The van der Waals surface area contributed by atoms with Crippen molar-refractivity contribution in [1.82, 2.24) is 10.6 Å². The van der Waals surface area contributed by atoms with Crippen molar-refractivity contribution >= 4 is 29.1 Å². The maximum absolute atomic E-state index is 12.2. The number of fused-ring (bicyclic) bond motifs is 1. The molecule has 29 heavy (non-hydrogen) atoms. The Balaban J connectivity index is 1.51. The number of para-hydroxylation sites is 1. The van der Waals surface area contributed by atoms with E-state index in [0.717, 1.165) is 23.4 Å². The zero-order valence-electron chi connectivity index (χ0n) is 16.8. The van der Waals surface area contributed by atoms with Gasteiger partial charge in [0.25, 0.3) is 0 Å². The van der Waals surface area contributed by atoms with Gasteiger partial charge in [-0.2, -0.15) is 0 Å². The standard InChI is InChI=1S/C22H27N5O2/c1-3-15-7-6-8-17(11-15)26-21(29)14-25-22(23-2)24-13-16-12-20(28)27-19-10-5-4-9-18(16)19/h4-11,16H,3,12-14H2,1-2H3,(H,26,29)(H,27,28)(H2,23,24,25). The summed E-state index contributed by atoms with van der Waals surface area (Å²) in [4.78, 5) is 28.4. The van der Waals surface area contributed by atoms with E-state index in [1.165, 1.54) is 5.56 Å². The summed E-state index contributed by atoms with van der Waals surface area (Å²) in [6.45, 7) is 2.72. The molecule has 0 saturated heterocycles. The summed E-state index contributed by atoms with van der Waals surface area (Å²) in [5.41, 5.74) is 3.91. The van der Waals surface area contributed by atoms with Crippen LogP contribution in [-0.4, -0.2) is 37.9 Å². The Morgan fingerprint density at radius 2 is 2.00 bits per heavy atom. The van der Waals surface area contributed by atoms with Gasteiger partial charge in [-0.1, -0.05) is 37.3 Å². The number of guanidine groups is 1. The van der Waals surface area contributed by atoms with Gasteiger partial charge in [-0.25, -0.2) is 0 Å². The van der Waals surface area contributed by atoms with Crippen LogP contribution in [0.15, 0.2) is 53.5 Å². The van der Waals surface area contributed by atoms with Crippen molar-refractivity contribution < 1.29 is 9.59 Å². The first kappa shape index (κ1) is 20.4. The van der Waals surface area contributed by atoms with Crippen LogP contribution in [0.2, 0.25) is 0 Å². The van der Waals surface area contributed by atoms with Gasteiger partial charge < -0.3 is 21.3 Å². The van der Waals surface area contributed by atoms with Crippen molar-refractivity contribution in [2.24, 2.45) is 4.99 Å². The van der Waals surface area contributed by atoms with Crippen LogP contribution in [0.4, 0.5) is 11.4 Å². The number of aliphatic imine (C=N–C) groups is 1. The highest BCUT2D eigenvalue weighted by Gasteiger charge is 2.24. The fourth-order valence-corrected chi connectivity index (χ4v) is 3.36. The molecule has 0 radical (unpaired) electrons. The largest absolute Gasteiger partial charge is 0.356 e. The summed E-state index contributed by atoms with van der Waals surface area (Å²) >= 11 is 0. The van der Waals surface area contributed by atoms with E-state index >= 15 is 0 Å². The number of carbonyl (C=O) groups excluding carboxylic acids is 2. The number of hydrogen-bond donors (Lipinski definition) is 4. The van der Waals surface area contributed by atoms with Crippen LogP contribution in [0, 0.1) is 0 Å². The number of hydrogen-bond acceptors (Lipinski definition) is 3. The third-order valence-electron chi connectivity index (χ3n) is 4.88. The molecule has 0 fully saturated rings. The van der Waals surface area contributed by atoms with E-state index in [2.05, 4.69) is 33.2 Å². The van der Waals surface area contributed by atoms with Crippen molar-refractivity contribution in [2.45, 2.75) is 25.7 Å². The number of carbonyl (C=O) groups is 2. The Bertz CT molecular complexity index is 910. The molecule has 0 saturated carbocycles. The minimum absolute atomic E-state index is 0.00661. The minimum atomic E-state index is -0.149. The number of amides is 2. The predicted molar refractivity (Wildman–Crippen MR) is 116 cm³/mol. The maximum atomic E-state index is 12.2. The van der Waals surface area contributed by atoms with Gasteiger partial charge in [0.05, 0.1) is 6.54 Å². The first-order valence-corrected chi connectivity index (χ1v) is 9.81. The predicted octanol–water partition coefficient (Wildman–Crippen LogP) is 2.48. The van der Waals surface area contributed by atoms with Gasteiger partial charge in [0, 0.05) is 37.3 Å². The van der Waals surface area contributed by atoms with Gasteiger partial charge in [-0.15, -0.1) is 0 Å². The van der Waals surface area contributed by atoms with Crippen molar-refractivity contribution in [3.8, 4) is 0 Å². The number of benzene rings is 2. The third kappa shape index (κ3) is 5.57. The SMILES string of the molecule is CCc1cccc(NC(=O)CNC(=NC)NCC2CC(=O)Nc3ccccc32)c1.